The van der Waals surface area contributed by atoms with Crippen LogP contribution in [0.1, 0.15) is 64.4 Å². The minimum Gasteiger partial charge on any atom is -0.465 e. The van der Waals surface area contributed by atoms with Crippen LogP contribution in [-0.4, -0.2) is 30.4 Å². The van der Waals surface area contributed by atoms with E-state index in [1.165, 1.54) is 31.2 Å². The van der Waals surface area contributed by atoms with E-state index in [9.17, 15) is 4.79 Å². The number of rotatable bonds is 6. The third kappa shape index (κ3) is 3.28. The van der Waals surface area contributed by atoms with Gasteiger partial charge in [0.1, 0.15) is 11.5 Å². The maximum Gasteiger partial charge on any atom is 0.261 e. The van der Waals surface area contributed by atoms with Crippen LogP contribution in [0.3, 0.4) is 0 Å². The summed E-state index contributed by atoms with van der Waals surface area (Å²) in [6, 6.07) is 6.30. The highest BCUT2D eigenvalue weighted by molar-refractivity contribution is 7.12. The van der Waals surface area contributed by atoms with E-state index in [1.54, 1.807) is 11.3 Å². The first-order chi connectivity index (χ1) is 11.7. The van der Waals surface area contributed by atoms with Gasteiger partial charge in [0.2, 0.25) is 0 Å². The van der Waals surface area contributed by atoms with Crippen LogP contribution in [0.5, 0.6) is 0 Å². The zero-order valence-electron chi connectivity index (χ0n) is 14.1. The molecule has 0 aromatic carbocycles. The van der Waals surface area contributed by atoms with E-state index in [1.807, 2.05) is 24.4 Å². The zero-order chi connectivity index (χ0) is 16.5. The highest BCUT2D eigenvalue weighted by Gasteiger charge is 2.30. The number of likely N-dealkylation sites (tertiary alicyclic amines) is 1. The average molecular weight is 344 g/mol. The van der Waals surface area contributed by atoms with Gasteiger partial charge in [-0.05, 0) is 80.8 Å². The summed E-state index contributed by atoms with van der Waals surface area (Å²) >= 11 is 1.56. The van der Waals surface area contributed by atoms with Gasteiger partial charge < -0.3 is 9.73 Å². The van der Waals surface area contributed by atoms with E-state index in [4.69, 9.17) is 4.42 Å². The second kappa shape index (κ2) is 6.73. The third-order valence-corrected chi connectivity index (χ3v) is 5.98. The van der Waals surface area contributed by atoms with Crippen LogP contribution in [0.25, 0.3) is 0 Å². The van der Waals surface area contributed by atoms with Gasteiger partial charge in [-0.2, -0.15) is 0 Å². The standard InChI is InChI=1S/C19H24N2O2S/c1-13-4-7-17(23-13)16(21-9-2-3-10-21)12-20-19(22)18-15(8-11-24-18)14-5-6-14/h4,7-8,11,14,16H,2-3,5-6,9-10,12H2,1H3,(H,20,22). The summed E-state index contributed by atoms with van der Waals surface area (Å²) in [6.07, 6.45) is 4.89. The Morgan fingerprint density at radius 1 is 1.33 bits per heavy atom. The lowest BCUT2D eigenvalue weighted by Gasteiger charge is -2.26. The quantitative estimate of drug-likeness (QED) is 0.858. The maximum atomic E-state index is 12.7. The molecule has 0 spiro atoms. The molecule has 24 heavy (non-hydrogen) atoms. The molecule has 3 heterocycles. The minimum atomic E-state index is 0.0689. The van der Waals surface area contributed by atoms with Gasteiger partial charge in [0.05, 0.1) is 10.9 Å². The van der Waals surface area contributed by atoms with Crippen LogP contribution in [0.15, 0.2) is 28.0 Å². The van der Waals surface area contributed by atoms with Crippen LogP contribution in [-0.2, 0) is 0 Å². The lowest BCUT2D eigenvalue weighted by atomic mass is 10.1. The van der Waals surface area contributed by atoms with Crippen molar-refractivity contribution in [2.24, 2.45) is 0 Å². The summed E-state index contributed by atoms with van der Waals surface area (Å²) in [7, 11) is 0. The van der Waals surface area contributed by atoms with Crippen molar-refractivity contribution >= 4 is 17.2 Å². The highest BCUT2D eigenvalue weighted by atomic mass is 32.1. The molecule has 1 saturated heterocycles. The fourth-order valence-corrected chi connectivity index (χ4v) is 4.49. The Bertz CT molecular complexity index is 711. The molecule has 1 N–H and O–H groups in total. The fraction of sp³-hybridized carbons (Fsp3) is 0.526. The summed E-state index contributed by atoms with van der Waals surface area (Å²) in [6.45, 7) is 4.73. The van der Waals surface area contributed by atoms with E-state index in [0.717, 1.165) is 29.5 Å². The summed E-state index contributed by atoms with van der Waals surface area (Å²) < 4.78 is 5.86. The number of nitrogens with zero attached hydrogens (tertiary/aromatic N) is 1. The molecule has 1 amide bonds. The van der Waals surface area contributed by atoms with Gasteiger partial charge in [-0.3, -0.25) is 9.69 Å². The first-order valence-electron chi connectivity index (χ1n) is 8.88. The fourth-order valence-electron chi connectivity index (χ4n) is 3.58. The summed E-state index contributed by atoms with van der Waals surface area (Å²) in [5.74, 6) is 2.57. The highest BCUT2D eigenvalue weighted by Crippen LogP contribution is 2.43. The molecule has 1 atom stereocenters. The molecule has 2 aromatic heterocycles. The first-order valence-corrected chi connectivity index (χ1v) is 9.76. The van der Waals surface area contributed by atoms with Gasteiger partial charge in [0, 0.05) is 6.54 Å². The number of hydrogen-bond donors (Lipinski definition) is 1. The predicted molar refractivity (Wildman–Crippen MR) is 95.6 cm³/mol. The van der Waals surface area contributed by atoms with E-state index in [2.05, 4.69) is 16.3 Å². The largest absolute Gasteiger partial charge is 0.465 e. The first kappa shape index (κ1) is 15.9. The van der Waals surface area contributed by atoms with Gasteiger partial charge >= 0.3 is 0 Å². The normalized spacial score (nSPS) is 19.5. The number of carbonyl (C=O) groups excluding carboxylic acids is 1. The van der Waals surface area contributed by atoms with Gasteiger partial charge in [-0.15, -0.1) is 11.3 Å². The van der Waals surface area contributed by atoms with Gasteiger partial charge in [-0.1, -0.05) is 0 Å². The van der Waals surface area contributed by atoms with Crippen molar-refractivity contribution in [1.29, 1.82) is 0 Å². The Balaban J connectivity index is 1.46. The molecule has 4 rings (SSSR count). The van der Waals surface area contributed by atoms with E-state index in [0.29, 0.717) is 12.5 Å². The number of furan rings is 1. The summed E-state index contributed by atoms with van der Waals surface area (Å²) in [5, 5.41) is 5.20. The predicted octanol–water partition coefficient (Wildman–Crippen LogP) is 4.09. The van der Waals surface area contributed by atoms with Crippen LogP contribution >= 0.6 is 11.3 Å². The van der Waals surface area contributed by atoms with E-state index >= 15 is 0 Å². The van der Waals surface area contributed by atoms with Crippen molar-refractivity contribution in [3.8, 4) is 0 Å². The molecule has 4 nitrogen and oxygen atoms in total. The van der Waals surface area contributed by atoms with Crippen molar-refractivity contribution < 1.29 is 9.21 Å². The molecule has 1 aliphatic heterocycles. The molecule has 2 aliphatic rings. The van der Waals surface area contributed by atoms with Crippen LogP contribution in [0.4, 0.5) is 0 Å². The summed E-state index contributed by atoms with van der Waals surface area (Å²) in [4.78, 5) is 16.0. The molecule has 0 radical (unpaired) electrons. The molecule has 2 aromatic rings. The monoisotopic (exact) mass is 344 g/mol. The third-order valence-electron chi connectivity index (χ3n) is 5.05. The Morgan fingerprint density at radius 2 is 2.12 bits per heavy atom. The lowest BCUT2D eigenvalue weighted by Crippen LogP contribution is -2.36. The molecule has 1 unspecified atom stereocenters. The van der Waals surface area contributed by atoms with Crippen molar-refractivity contribution in [3.05, 3.63) is 45.5 Å². The molecule has 1 aliphatic carbocycles. The molecular weight excluding hydrogens is 320 g/mol. The molecule has 0 bridgehead atoms. The number of nitrogens with one attached hydrogen (secondary N) is 1. The lowest BCUT2D eigenvalue weighted by molar-refractivity contribution is 0.0937. The Labute approximate surface area is 146 Å². The topological polar surface area (TPSA) is 45.5 Å². The minimum absolute atomic E-state index is 0.0689. The van der Waals surface area contributed by atoms with Crippen LogP contribution in [0.2, 0.25) is 0 Å². The van der Waals surface area contributed by atoms with E-state index in [-0.39, 0.29) is 11.9 Å². The smallest absolute Gasteiger partial charge is 0.261 e. The van der Waals surface area contributed by atoms with Crippen molar-refractivity contribution in [2.45, 2.75) is 44.6 Å². The van der Waals surface area contributed by atoms with Crippen molar-refractivity contribution in [3.63, 3.8) is 0 Å². The average Bonchev–Trinajstić information content (AvgIpc) is 3.00. The zero-order valence-corrected chi connectivity index (χ0v) is 14.9. The number of hydrogen-bond acceptors (Lipinski definition) is 4. The van der Waals surface area contributed by atoms with E-state index < -0.39 is 0 Å². The molecule has 5 heteroatoms. The number of aryl methyl sites for hydroxylation is 1. The van der Waals surface area contributed by atoms with Crippen molar-refractivity contribution in [1.82, 2.24) is 10.2 Å². The number of amides is 1. The molecular formula is C19H24N2O2S. The molecule has 2 fully saturated rings. The maximum absolute atomic E-state index is 12.7. The SMILES string of the molecule is Cc1ccc(C(CNC(=O)c2sccc2C2CC2)N2CCCC2)o1. The molecule has 1 saturated carbocycles. The summed E-state index contributed by atoms with van der Waals surface area (Å²) in [5.41, 5.74) is 1.24. The number of thiophene rings is 1. The van der Waals surface area contributed by atoms with Gasteiger partial charge in [0.15, 0.2) is 0 Å². The van der Waals surface area contributed by atoms with Crippen molar-refractivity contribution in [2.75, 3.05) is 19.6 Å². The Hall–Kier alpha value is -1.59. The Kier molecular flexibility index (Phi) is 4.46. The van der Waals surface area contributed by atoms with Gasteiger partial charge in [-0.25, -0.2) is 0 Å². The van der Waals surface area contributed by atoms with Crippen LogP contribution < -0.4 is 5.32 Å². The van der Waals surface area contributed by atoms with Gasteiger partial charge in [0.25, 0.3) is 5.91 Å². The second-order valence-corrected chi connectivity index (χ2v) is 7.81. The van der Waals surface area contributed by atoms with Crippen LogP contribution in [0, 0.1) is 6.92 Å². The Morgan fingerprint density at radius 3 is 2.79 bits per heavy atom. The second-order valence-electron chi connectivity index (χ2n) is 6.90. The number of carbonyl (C=O) groups is 1. The molecule has 128 valence electrons.